The first-order valence-corrected chi connectivity index (χ1v) is 11.2. The molecule has 0 aliphatic carbocycles. The zero-order valence-electron chi connectivity index (χ0n) is 19.6. The molecular weight excluding hydrogens is 384 g/mol. The molecule has 0 saturated carbocycles. The molecule has 1 rings (SSSR count). The fourth-order valence-electron chi connectivity index (χ4n) is 4.17. The van der Waals surface area contributed by atoms with Gasteiger partial charge in [0.25, 0.3) is 0 Å². The van der Waals surface area contributed by atoms with Crippen molar-refractivity contribution in [3.05, 3.63) is 0 Å². The van der Waals surface area contributed by atoms with Crippen LogP contribution in [0, 0.1) is 23.2 Å². The van der Waals surface area contributed by atoms with E-state index >= 15 is 0 Å². The van der Waals surface area contributed by atoms with Gasteiger partial charge < -0.3 is 15.5 Å². The Morgan fingerprint density at radius 2 is 1.60 bits per heavy atom. The lowest BCUT2D eigenvalue weighted by Gasteiger charge is -2.33. The van der Waals surface area contributed by atoms with E-state index in [0.29, 0.717) is 12.8 Å². The van der Waals surface area contributed by atoms with Gasteiger partial charge in [0.1, 0.15) is 6.04 Å². The van der Waals surface area contributed by atoms with Crippen molar-refractivity contribution in [2.24, 2.45) is 23.2 Å². The minimum absolute atomic E-state index is 0.182. The summed E-state index contributed by atoms with van der Waals surface area (Å²) in [6.07, 6.45) is 4.18. The van der Waals surface area contributed by atoms with Crippen LogP contribution < -0.4 is 16.1 Å². The molecule has 1 heterocycles. The van der Waals surface area contributed by atoms with E-state index in [1.165, 1.54) is 12.8 Å². The van der Waals surface area contributed by atoms with Crippen molar-refractivity contribution in [3.8, 4) is 0 Å². The maximum absolute atomic E-state index is 13.3. The lowest BCUT2D eigenvalue weighted by molar-refractivity contribution is -0.142. The van der Waals surface area contributed by atoms with Gasteiger partial charge in [-0.05, 0) is 63.1 Å². The number of nitrogens with one attached hydrogen (secondary N) is 3. The molecule has 3 atom stereocenters. The Bertz CT molecular complexity index is 568. The molecule has 0 bridgehead atoms. The van der Waals surface area contributed by atoms with E-state index in [4.69, 9.17) is 0 Å². The van der Waals surface area contributed by atoms with E-state index < -0.39 is 29.2 Å². The molecule has 0 aromatic rings. The number of likely N-dealkylation sites (tertiary alicyclic amines) is 1. The Balaban J connectivity index is 2.99. The highest BCUT2D eigenvalue weighted by atomic mass is 16.5. The Morgan fingerprint density at radius 3 is 2.07 bits per heavy atom. The second-order valence-electron chi connectivity index (χ2n) is 9.93. The number of rotatable bonds is 11. The van der Waals surface area contributed by atoms with Crippen molar-refractivity contribution in [3.63, 3.8) is 0 Å². The van der Waals surface area contributed by atoms with Crippen LogP contribution in [0.2, 0.25) is 0 Å². The van der Waals surface area contributed by atoms with E-state index in [9.17, 15) is 19.6 Å². The summed E-state index contributed by atoms with van der Waals surface area (Å²) in [5.41, 5.74) is 1.27. The standard InChI is InChI=1S/C22H42N4O4/c1-15(2)14-17(19(27)24-18(21(29)23-6)22(3,4)5)16(20(28)25-30)10-9-13-26-11-7-8-12-26/h15-18,30H,7-14H2,1-6H3,(H,23,29)(H,24,27)(H,25,28)/t16?,17-,18-/m1/s1. The fraction of sp³-hybridized carbons (Fsp3) is 0.864. The first-order chi connectivity index (χ1) is 14.0. The quantitative estimate of drug-likeness (QED) is 0.298. The summed E-state index contributed by atoms with van der Waals surface area (Å²) in [4.78, 5) is 40.5. The van der Waals surface area contributed by atoms with Gasteiger partial charge in [0.05, 0.1) is 5.92 Å². The van der Waals surface area contributed by atoms with Gasteiger partial charge in [0, 0.05) is 13.0 Å². The average Bonchev–Trinajstić information content (AvgIpc) is 3.19. The van der Waals surface area contributed by atoms with Crippen LogP contribution in [0.25, 0.3) is 0 Å². The first-order valence-electron chi connectivity index (χ1n) is 11.2. The summed E-state index contributed by atoms with van der Waals surface area (Å²) in [5.74, 6) is -2.21. The van der Waals surface area contributed by atoms with E-state index in [1.807, 2.05) is 34.6 Å². The molecule has 1 unspecified atom stereocenters. The van der Waals surface area contributed by atoms with Crippen LogP contribution in [0.1, 0.15) is 66.7 Å². The average molecular weight is 427 g/mol. The predicted molar refractivity (Wildman–Crippen MR) is 117 cm³/mol. The Morgan fingerprint density at radius 1 is 1.00 bits per heavy atom. The number of carbonyl (C=O) groups excluding carboxylic acids is 3. The minimum Gasteiger partial charge on any atom is -0.357 e. The summed E-state index contributed by atoms with van der Waals surface area (Å²) < 4.78 is 0. The molecule has 1 fully saturated rings. The van der Waals surface area contributed by atoms with Gasteiger partial charge in [-0.25, -0.2) is 5.48 Å². The summed E-state index contributed by atoms with van der Waals surface area (Å²) in [5, 5.41) is 14.8. The smallest absolute Gasteiger partial charge is 0.247 e. The third-order valence-corrected chi connectivity index (χ3v) is 5.84. The molecule has 8 heteroatoms. The molecule has 0 spiro atoms. The van der Waals surface area contributed by atoms with E-state index in [1.54, 1.807) is 12.5 Å². The summed E-state index contributed by atoms with van der Waals surface area (Å²) in [7, 11) is 1.54. The number of hydrogen-bond acceptors (Lipinski definition) is 5. The van der Waals surface area contributed by atoms with Crippen LogP contribution in [0.4, 0.5) is 0 Å². The lowest BCUT2D eigenvalue weighted by Crippen LogP contribution is -2.55. The topological polar surface area (TPSA) is 111 Å². The van der Waals surface area contributed by atoms with Gasteiger partial charge in [-0.2, -0.15) is 0 Å². The summed E-state index contributed by atoms with van der Waals surface area (Å²) in [6, 6.07) is -0.716. The molecule has 3 amide bonds. The summed E-state index contributed by atoms with van der Waals surface area (Å²) in [6.45, 7) is 12.7. The SMILES string of the molecule is CNC(=O)[C@@H](NC(=O)[C@H](CC(C)C)C(CCCN1CCCC1)C(=O)NO)C(C)(C)C. The van der Waals surface area contributed by atoms with Crippen LogP contribution in [0.5, 0.6) is 0 Å². The summed E-state index contributed by atoms with van der Waals surface area (Å²) >= 11 is 0. The highest BCUT2D eigenvalue weighted by Gasteiger charge is 2.38. The van der Waals surface area contributed by atoms with Crippen molar-refractivity contribution in [1.29, 1.82) is 0 Å². The van der Waals surface area contributed by atoms with Crippen molar-refractivity contribution in [2.45, 2.75) is 72.8 Å². The maximum Gasteiger partial charge on any atom is 0.247 e. The number of hydroxylamine groups is 1. The molecule has 1 saturated heterocycles. The third-order valence-electron chi connectivity index (χ3n) is 5.84. The van der Waals surface area contributed by atoms with Gasteiger partial charge in [0.2, 0.25) is 17.7 Å². The number of likely N-dealkylation sites (N-methyl/N-ethyl adjacent to an activating group) is 1. The molecule has 0 radical (unpaired) electrons. The monoisotopic (exact) mass is 426 g/mol. The minimum atomic E-state index is -0.716. The Kier molecular flexibility index (Phi) is 10.8. The largest absolute Gasteiger partial charge is 0.357 e. The highest BCUT2D eigenvalue weighted by molar-refractivity contribution is 5.91. The first kappa shape index (κ1) is 26.4. The third kappa shape index (κ3) is 8.22. The molecule has 0 aromatic carbocycles. The Hall–Kier alpha value is -1.67. The van der Waals surface area contributed by atoms with Gasteiger partial charge in [0.15, 0.2) is 0 Å². The number of amides is 3. The molecule has 8 nitrogen and oxygen atoms in total. The van der Waals surface area contributed by atoms with Crippen LogP contribution >= 0.6 is 0 Å². The molecule has 4 N–H and O–H groups in total. The van der Waals surface area contributed by atoms with Crippen molar-refractivity contribution >= 4 is 17.7 Å². The molecule has 1 aliphatic rings. The van der Waals surface area contributed by atoms with E-state index in [0.717, 1.165) is 26.1 Å². The van der Waals surface area contributed by atoms with Crippen molar-refractivity contribution in [1.82, 2.24) is 21.0 Å². The van der Waals surface area contributed by atoms with Crippen molar-refractivity contribution < 1.29 is 19.6 Å². The van der Waals surface area contributed by atoms with E-state index in [2.05, 4.69) is 15.5 Å². The molecule has 0 aromatic heterocycles. The fourth-order valence-corrected chi connectivity index (χ4v) is 4.17. The number of nitrogens with zero attached hydrogens (tertiary/aromatic N) is 1. The lowest BCUT2D eigenvalue weighted by atomic mass is 9.80. The zero-order chi connectivity index (χ0) is 22.9. The highest BCUT2D eigenvalue weighted by Crippen LogP contribution is 2.28. The van der Waals surface area contributed by atoms with Crippen LogP contribution in [-0.4, -0.2) is 60.6 Å². The van der Waals surface area contributed by atoms with Crippen molar-refractivity contribution in [2.75, 3.05) is 26.7 Å². The van der Waals surface area contributed by atoms with Gasteiger partial charge in [-0.1, -0.05) is 34.6 Å². The number of carbonyl (C=O) groups is 3. The molecule has 174 valence electrons. The Labute approximate surface area is 181 Å². The molecule has 1 aliphatic heterocycles. The second-order valence-corrected chi connectivity index (χ2v) is 9.93. The van der Waals surface area contributed by atoms with Crippen LogP contribution in [0.3, 0.4) is 0 Å². The van der Waals surface area contributed by atoms with Crippen LogP contribution in [-0.2, 0) is 14.4 Å². The number of hydrogen-bond donors (Lipinski definition) is 4. The molecular formula is C22H42N4O4. The maximum atomic E-state index is 13.3. The van der Waals surface area contributed by atoms with Gasteiger partial charge >= 0.3 is 0 Å². The van der Waals surface area contributed by atoms with Gasteiger partial charge in [-0.3, -0.25) is 19.6 Å². The normalized spacial score (nSPS) is 18.0. The zero-order valence-corrected chi connectivity index (χ0v) is 19.6. The predicted octanol–water partition coefficient (Wildman–Crippen LogP) is 1.92. The second kappa shape index (κ2) is 12.2. The van der Waals surface area contributed by atoms with Gasteiger partial charge in [-0.15, -0.1) is 0 Å². The van der Waals surface area contributed by atoms with E-state index in [-0.39, 0.29) is 17.7 Å². The molecule has 30 heavy (non-hydrogen) atoms. The van der Waals surface area contributed by atoms with Crippen LogP contribution in [0.15, 0.2) is 0 Å².